The van der Waals surface area contributed by atoms with Crippen LogP contribution >= 0.6 is 0 Å². The molecule has 1 aromatic carbocycles. The van der Waals surface area contributed by atoms with Gasteiger partial charge in [-0.05, 0) is 7.05 Å². The highest BCUT2D eigenvalue weighted by molar-refractivity contribution is 5.79. The lowest BCUT2D eigenvalue weighted by molar-refractivity contribution is 0.156. The monoisotopic (exact) mass is 491 g/mol. The Kier molecular flexibility index (Phi) is 9.56. The van der Waals surface area contributed by atoms with E-state index in [1.807, 2.05) is 0 Å². The van der Waals surface area contributed by atoms with Crippen LogP contribution in [0.3, 0.4) is 0 Å². The van der Waals surface area contributed by atoms with Crippen LogP contribution in [0.15, 0.2) is 30.4 Å². The maximum absolute atomic E-state index is 14.5. The number of halogens is 2. The van der Waals surface area contributed by atoms with E-state index in [-0.39, 0.29) is 28.8 Å². The highest BCUT2D eigenvalue weighted by Gasteiger charge is 2.20. The molecule has 1 aliphatic rings. The lowest BCUT2D eigenvalue weighted by atomic mass is 10.1. The van der Waals surface area contributed by atoms with Crippen molar-refractivity contribution in [1.82, 2.24) is 25.1 Å². The first-order valence-electron chi connectivity index (χ1n) is 11.1. The van der Waals surface area contributed by atoms with Gasteiger partial charge in [0.1, 0.15) is 6.61 Å². The molecule has 0 aliphatic carbocycles. The zero-order valence-corrected chi connectivity index (χ0v) is 20.1. The van der Waals surface area contributed by atoms with Gasteiger partial charge in [-0.25, -0.2) is 18.7 Å². The molecule has 0 amide bonds. The summed E-state index contributed by atoms with van der Waals surface area (Å²) < 4.78 is 44.2. The highest BCUT2D eigenvalue weighted by Crippen LogP contribution is 2.31. The van der Waals surface area contributed by atoms with E-state index in [1.165, 1.54) is 26.6 Å². The van der Waals surface area contributed by atoms with Crippen LogP contribution in [0.1, 0.15) is 5.56 Å². The smallest absolute Gasteiger partial charge is 0.227 e. The minimum Gasteiger partial charge on any atom is -0.494 e. The molecule has 0 spiro atoms. The maximum Gasteiger partial charge on any atom is 0.227 e. The Morgan fingerprint density at radius 2 is 1.71 bits per heavy atom. The fraction of sp³-hybridized carbons (Fsp3) is 0.435. The zero-order valence-electron chi connectivity index (χ0n) is 20.1. The van der Waals surface area contributed by atoms with Crippen LogP contribution in [0.25, 0.3) is 0 Å². The molecule has 0 atom stereocenters. The molecule has 0 bridgehead atoms. The van der Waals surface area contributed by atoms with E-state index in [0.29, 0.717) is 5.70 Å². The Labute approximate surface area is 203 Å². The topological polar surface area (TPSA) is 108 Å². The molecule has 3 N–H and O–H groups in total. The second kappa shape index (κ2) is 12.8. The normalized spacial score (nSPS) is 14.9. The Morgan fingerprint density at radius 1 is 1.09 bits per heavy atom. The molecule has 2 aromatic rings. The van der Waals surface area contributed by atoms with Crippen LogP contribution in [0, 0.1) is 17.0 Å². The number of methoxy groups -OCH3 is 2. The van der Waals surface area contributed by atoms with Crippen LogP contribution in [-0.4, -0.2) is 86.5 Å². The number of anilines is 1. The molecule has 1 saturated heterocycles. The third kappa shape index (κ3) is 7.23. The Balaban J connectivity index is 1.52. The average Bonchev–Trinajstić information content (AvgIpc) is 2.88. The second-order valence-electron chi connectivity index (χ2n) is 7.89. The van der Waals surface area contributed by atoms with Gasteiger partial charge in [0.2, 0.25) is 5.95 Å². The van der Waals surface area contributed by atoms with Gasteiger partial charge in [0, 0.05) is 57.7 Å². The molecule has 190 valence electrons. The Bertz CT molecular complexity index is 985. The fourth-order valence-electron chi connectivity index (χ4n) is 3.39. The van der Waals surface area contributed by atoms with E-state index in [0.717, 1.165) is 51.5 Å². The number of allylic oxidation sites excluding steroid dienone is 1. The van der Waals surface area contributed by atoms with Crippen molar-refractivity contribution >= 4 is 12.2 Å². The number of nitrogens with zero attached hydrogens (tertiary/aromatic N) is 4. The molecule has 2 heterocycles. The Morgan fingerprint density at radius 3 is 2.29 bits per heavy atom. The molecule has 10 nitrogen and oxygen atoms in total. The summed E-state index contributed by atoms with van der Waals surface area (Å²) in [4.78, 5) is 13.0. The highest BCUT2D eigenvalue weighted by atomic mass is 19.1. The first-order chi connectivity index (χ1) is 16.9. The van der Waals surface area contributed by atoms with Gasteiger partial charge in [-0.2, -0.15) is 0 Å². The summed E-state index contributed by atoms with van der Waals surface area (Å²) >= 11 is 0. The van der Waals surface area contributed by atoms with Crippen molar-refractivity contribution in [1.29, 1.82) is 5.41 Å². The maximum atomic E-state index is 14.5. The first-order valence-corrected chi connectivity index (χ1v) is 11.1. The zero-order chi connectivity index (χ0) is 25.2. The van der Waals surface area contributed by atoms with E-state index < -0.39 is 18.2 Å². The van der Waals surface area contributed by atoms with E-state index >= 15 is 0 Å². The number of aromatic nitrogens is 2. The number of hydrogen-bond acceptors (Lipinski definition) is 10. The molecule has 35 heavy (non-hydrogen) atoms. The molecule has 1 fully saturated rings. The van der Waals surface area contributed by atoms with Crippen LogP contribution in [0.4, 0.5) is 14.7 Å². The van der Waals surface area contributed by atoms with Crippen molar-refractivity contribution in [2.45, 2.75) is 6.61 Å². The van der Waals surface area contributed by atoms with Gasteiger partial charge in [-0.1, -0.05) is 0 Å². The lowest BCUT2D eigenvalue weighted by Gasteiger charge is -2.32. The number of nitrogens with one attached hydrogen (secondary N) is 3. The summed E-state index contributed by atoms with van der Waals surface area (Å²) in [5.41, 5.74) is 0.143. The molecule has 0 radical (unpaired) electrons. The van der Waals surface area contributed by atoms with Gasteiger partial charge >= 0.3 is 0 Å². The largest absolute Gasteiger partial charge is 0.494 e. The van der Waals surface area contributed by atoms with E-state index in [4.69, 9.17) is 19.6 Å². The van der Waals surface area contributed by atoms with Gasteiger partial charge in [-0.3, -0.25) is 4.90 Å². The van der Waals surface area contributed by atoms with Gasteiger partial charge < -0.3 is 35.2 Å². The molecule has 0 saturated carbocycles. The predicted octanol–water partition coefficient (Wildman–Crippen LogP) is 2.09. The number of likely N-dealkylation sites (N-methyl/N-ethyl adjacent to an activating group) is 1. The minimum atomic E-state index is -0.870. The molecular formula is C23H31F2N7O3. The summed E-state index contributed by atoms with van der Waals surface area (Å²) in [6.45, 7) is 5.48. The summed E-state index contributed by atoms with van der Waals surface area (Å²) in [6.07, 6.45) is 5.58. The van der Waals surface area contributed by atoms with Gasteiger partial charge in [-0.15, -0.1) is 0 Å². The van der Waals surface area contributed by atoms with Crippen molar-refractivity contribution in [2.75, 3.05) is 65.9 Å². The number of ether oxygens (including phenoxy) is 3. The van der Waals surface area contributed by atoms with Crippen molar-refractivity contribution in [3.63, 3.8) is 0 Å². The second-order valence-corrected chi connectivity index (χ2v) is 7.89. The number of rotatable bonds is 12. The van der Waals surface area contributed by atoms with E-state index in [2.05, 4.69) is 37.4 Å². The number of benzene rings is 1. The van der Waals surface area contributed by atoms with E-state index in [1.54, 1.807) is 6.20 Å². The van der Waals surface area contributed by atoms with Crippen molar-refractivity contribution in [2.24, 2.45) is 0 Å². The SMILES string of the molecule is COc1cc(OC)c(F)c(COc2cnc(N/C(C=N)=C/NCCN3CCN(C)CC3)nc2)c1F. The van der Waals surface area contributed by atoms with Crippen LogP contribution in [0.5, 0.6) is 17.2 Å². The quantitative estimate of drug-likeness (QED) is 0.304. The summed E-state index contributed by atoms with van der Waals surface area (Å²) in [5.74, 6) is -1.59. The molecule has 1 aromatic heterocycles. The average molecular weight is 492 g/mol. The number of hydrogen-bond donors (Lipinski definition) is 3. The molecule has 3 rings (SSSR count). The predicted molar refractivity (Wildman–Crippen MR) is 128 cm³/mol. The van der Waals surface area contributed by atoms with Crippen molar-refractivity contribution in [3.05, 3.63) is 47.6 Å². The summed E-state index contributed by atoms with van der Waals surface area (Å²) in [7, 11) is 4.68. The van der Waals surface area contributed by atoms with Crippen LogP contribution in [0.2, 0.25) is 0 Å². The lowest BCUT2D eigenvalue weighted by Crippen LogP contribution is -2.46. The molecule has 12 heteroatoms. The molecule has 1 aliphatic heterocycles. The molecule has 0 unspecified atom stereocenters. The van der Waals surface area contributed by atoms with Gasteiger partial charge in [0.25, 0.3) is 0 Å². The third-order valence-corrected chi connectivity index (χ3v) is 5.51. The molecular weight excluding hydrogens is 460 g/mol. The van der Waals surface area contributed by atoms with E-state index in [9.17, 15) is 8.78 Å². The van der Waals surface area contributed by atoms with Crippen molar-refractivity contribution in [3.8, 4) is 17.2 Å². The van der Waals surface area contributed by atoms with Gasteiger partial charge in [0.15, 0.2) is 28.9 Å². The fourth-order valence-corrected chi connectivity index (χ4v) is 3.39. The van der Waals surface area contributed by atoms with Crippen LogP contribution < -0.4 is 24.8 Å². The van der Waals surface area contributed by atoms with Crippen LogP contribution in [-0.2, 0) is 6.61 Å². The van der Waals surface area contributed by atoms with Crippen molar-refractivity contribution < 1.29 is 23.0 Å². The number of piperazine rings is 1. The minimum absolute atomic E-state index is 0.152. The summed E-state index contributed by atoms with van der Waals surface area (Å²) in [5, 5.41) is 13.7. The first kappa shape index (κ1) is 26.1. The standard InChI is InChI=1S/C23H31F2N7O3/c1-31-6-8-32(9-7-31)5-4-27-12-16(11-26)30-23-28-13-17(14-29-23)35-15-18-21(24)19(33-2)10-20(34-3)22(18)25/h10-14,26-27H,4-9,15H2,1-3H3,(H,28,29,30)/b16-12+,26-11?. The third-order valence-electron chi connectivity index (χ3n) is 5.51. The Hall–Kier alpha value is -3.51. The van der Waals surface area contributed by atoms with Gasteiger partial charge in [0.05, 0.1) is 37.9 Å². The summed E-state index contributed by atoms with van der Waals surface area (Å²) in [6, 6.07) is 1.13.